The minimum absolute atomic E-state index is 0. The van der Waals surface area contributed by atoms with Crippen LogP contribution >= 0.6 is 94.2 Å². The van der Waals surface area contributed by atoms with Gasteiger partial charge in [-0.25, -0.2) is 0 Å². The zero-order valence-electron chi connectivity index (χ0n) is 25.8. The van der Waals surface area contributed by atoms with Gasteiger partial charge in [-0.3, -0.25) is 9.59 Å². The van der Waals surface area contributed by atoms with E-state index in [0.717, 1.165) is 0 Å². The van der Waals surface area contributed by atoms with E-state index in [1.807, 2.05) is 0 Å². The normalized spacial score (nSPS) is 6.29. The molecular formula is C22H56Cl10O6Pt4. The molecule has 0 spiro atoms. The van der Waals surface area contributed by atoms with Gasteiger partial charge in [0.1, 0.15) is 0 Å². The van der Waals surface area contributed by atoms with E-state index in [9.17, 15) is 9.59 Å². The van der Waals surface area contributed by atoms with Gasteiger partial charge in [-0.1, -0.05) is 13.8 Å². The molecule has 6 N–H and O–H groups in total. The fourth-order valence-corrected chi connectivity index (χ4v) is 0. The molecule has 0 rings (SSSR count). The first-order chi connectivity index (χ1) is 18.8. The maximum atomic E-state index is 9.37. The van der Waals surface area contributed by atoms with Gasteiger partial charge in [-0.15, -0.1) is 0 Å². The second-order valence-electron chi connectivity index (χ2n) is 1.90. The van der Waals surface area contributed by atoms with Crippen LogP contribution in [-0.2, 0) is 70.9 Å². The number of aliphatic carboxylic acids is 2. The van der Waals surface area contributed by atoms with Crippen LogP contribution in [-0.4, -0.2) is 33.1 Å². The van der Waals surface area contributed by atoms with Crippen molar-refractivity contribution in [1.82, 2.24) is 0 Å². The molecule has 0 saturated carbocycles. The van der Waals surface area contributed by atoms with E-state index >= 15 is 0 Å². The van der Waals surface area contributed by atoms with Crippen molar-refractivity contribution < 1.29 is 92.1 Å². The van der Waals surface area contributed by atoms with Crippen molar-refractivity contribution in [2.45, 2.75) is 82.1 Å². The molecule has 6 nitrogen and oxygen atoms in total. The van der Waals surface area contributed by atoms with Crippen LogP contribution in [0, 0.1) is 55.4 Å². The molecule has 42 heavy (non-hydrogen) atoms. The Balaban J connectivity index is -0.0000000126. The maximum absolute atomic E-state index is 9.37. The Morgan fingerprint density at radius 2 is 0.500 bits per heavy atom. The van der Waals surface area contributed by atoms with Crippen molar-refractivity contribution in [3.05, 3.63) is 55.4 Å². The summed E-state index contributed by atoms with van der Waals surface area (Å²) in [6, 6.07) is 0. The van der Waals surface area contributed by atoms with E-state index in [1.165, 1.54) is 0 Å². The van der Waals surface area contributed by atoms with Crippen molar-refractivity contribution in [3.63, 3.8) is 0 Å². The third-order valence-corrected chi connectivity index (χ3v) is 0.605. The first kappa shape index (κ1) is 103. The molecule has 20 heteroatoms. The Morgan fingerprint density at radius 1 is 0.476 bits per heavy atom. The average Bonchev–Trinajstić information content (AvgIpc) is 2.98. The van der Waals surface area contributed by atoms with Crippen molar-refractivity contribution in [3.8, 4) is 0 Å². The zero-order chi connectivity index (χ0) is 37.2. The Bertz CT molecular complexity index is 237. The summed E-state index contributed by atoms with van der Waals surface area (Å²) >= 11 is -4.47. The van der Waals surface area contributed by atoms with Crippen LogP contribution in [0.15, 0.2) is 0 Å². The van der Waals surface area contributed by atoms with Crippen molar-refractivity contribution in [2.24, 2.45) is 0 Å². The van der Waals surface area contributed by atoms with Crippen molar-refractivity contribution >= 4 is 106 Å². The fourth-order valence-electron chi connectivity index (χ4n) is 0. The minimum atomic E-state index is -3.06. The third kappa shape index (κ3) is 1160. The van der Waals surface area contributed by atoms with Crippen LogP contribution in [0.1, 0.15) is 82.1 Å². The summed E-state index contributed by atoms with van der Waals surface area (Å²) in [6.07, 6.45) is 0.444. The van der Waals surface area contributed by atoms with Gasteiger partial charge >= 0.3 is 167 Å². The third-order valence-electron chi connectivity index (χ3n) is 0.605. The van der Waals surface area contributed by atoms with E-state index in [0.29, 0.717) is 0 Å². The summed E-state index contributed by atoms with van der Waals surface area (Å²) in [5.41, 5.74) is 0. The van der Waals surface area contributed by atoms with Gasteiger partial charge in [0, 0.05) is 12.8 Å². The predicted molar refractivity (Wildman–Crippen MR) is 190 cm³/mol. The van der Waals surface area contributed by atoms with Gasteiger partial charge in [-0.2, -0.15) is 55.4 Å². The number of carboxylic acid groups (broad SMARTS) is 2. The van der Waals surface area contributed by atoms with Gasteiger partial charge in [0.05, 0.1) is 0 Å². The van der Waals surface area contributed by atoms with E-state index in [1.54, 1.807) is 69.2 Å². The second-order valence-corrected chi connectivity index (χ2v) is 31.4. The predicted octanol–water partition coefficient (Wildman–Crippen LogP) is 12.9. The molecule has 0 aliphatic rings. The topological polar surface area (TPSA) is 138 Å². The van der Waals surface area contributed by atoms with Crippen LogP contribution in [0.3, 0.4) is 0 Å². The number of carbonyl (C=O) groups is 2. The molecule has 0 atom stereocenters. The molecule has 0 bridgehead atoms. The first-order valence-corrected chi connectivity index (χ1v) is 38.0. The Hall–Kier alpha value is 4.51. The van der Waals surface area contributed by atoms with Crippen LogP contribution in [0.2, 0.25) is 0 Å². The van der Waals surface area contributed by atoms with Crippen LogP contribution in [0.4, 0.5) is 0 Å². The number of carboxylic acids is 2. The molecule has 0 fully saturated rings. The molecule has 0 heterocycles. The fraction of sp³-hybridized carbons (Fsp3) is 0.545. The summed E-state index contributed by atoms with van der Waals surface area (Å²) in [4.78, 5) is 18.7. The molecule has 0 aromatic rings. The summed E-state index contributed by atoms with van der Waals surface area (Å²) in [6.45, 7) is 43.2. The molecule has 290 valence electrons. The summed E-state index contributed by atoms with van der Waals surface area (Å²) in [5.74, 6) is -1.49. The molecule has 0 radical (unpaired) electrons. The van der Waals surface area contributed by atoms with Crippen LogP contribution in [0.25, 0.3) is 0 Å². The van der Waals surface area contributed by atoms with E-state index in [-0.39, 0.29) is 23.8 Å². The molecule has 0 aromatic carbocycles. The molecule has 0 amide bonds. The number of hydrogen-bond acceptors (Lipinski definition) is 2. The summed E-state index contributed by atoms with van der Waals surface area (Å²) < 4.78 is 0. The van der Waals surface area contributed by atoms with Crippen molar-refractivity contribution in [2.75, 3.05) is 0 Å². The molecule has 0 aliphatic carbocycles. The molecule has 0 aliphatic heterocycles. The SMILES string of the molecule is CCC(=O)O.CCC(=O)O.O.O.[CH2-]C.[CH2-]C.[CH2-]C.[CH2-]C.[CH2-]C.[CH2-]C.[CH2-]C.[CH2-]C.[Cl][Pt+2]([Cl])([Cl])[Cl].[Cl][Pt+2][Cl].[Cl][Pt+2][Cl].[Cl][Pt+2][Cl]. The van der Waals surface area contributed by atoms with Crippen LogP contribution in [0.5, 0.6) is 0 Å². The Labute approximate surface area is 331 Å². The number of halogens is 10. The van der Waals surface area contributed by atoms with Gasteiger partial charge in [0.2, 0.25) is 0 Å². The van der Waals surface area contributed by atoms with Crippen molar-refractivity contribution in [1.29, 1.82) is 0 Å². The van der Waals surface area contributed by atoms with Gasteiger partial charge in [-0.05, 0) is 0 Å². The van der Waals surface area contributed by atoms with Crippen LogP contribution < -0.4 is 0 Å². The molecule has 0 saturated heterocycles. The molecule has 0 unspecified atom stereocenters. The Kier molecular flexibility index (Phi) is 480. The number of hydrogen-bond donors (Lipinski definition) is 2. The second kappa shape index (κ2) is 195. The van der Waals surface area contributed by atoms with E-state index in [4.69, 9.17) is 104 Å². The van der Waals surface area contributed by atoms with Gasteiger partial charge < -0.3 is 76.6 Å². The monoisotopic (exact) mass is 1550 g/mol. The quantitative estimate of drug-likeness (QED) is 0.266. The average molecular weight is 1550 g/mol. The van der Waals surface area contributed by atoms with Gasteiger partial charge in [0.15, 0.2) is 0 Å². The standard InChI is InChI=1S/2C3H6O2.8C2H5.10ClH.2H2O.4Pt/c2*1-2-3(4)5;8*1-2;;;;;;;;;;;;;;;;/h2*2H2,1H3,(H,4,5);8*1H2,2H3;10*1H;2*1H2;;;;/q;;8*-1;;;;;;;;;;;;;3*+4;+6/p-10. The summed E-state index contributed by atoms with van der Waals surface area (Å²) in [5, 5.41) is 15.4. The first-order valence-electron chi connectivity index (χ1n) is 9.83. The Morgan fingerprint density at radius 3 is 0.500 bits per heavy atom. The molecule has 0 aromatic heterocycles. The van der Waals surface area contributed by atoms with E-state index in [2.05, 4.69) is 55.4 Å². The molecular weight excluding hydrogens is 1500 g/mol. The summed E-state index contributed by atoms with van der Waals surface area (Å²) in [7, 11) is 49.3. The van der Waals surface area contributed by atoms with Gasteiger partial charge in [0.25, 0.3) is 0 Å². The zero-order valence-corrected chi connectivity index (χ0v) is 42.5. The number of rotatable bonds is 2. The van der Waals surface area contributed by atoms with E-state index < -0.39 is 73.3 Å².